The van der Waals surface area contributed by atoms with Gasteiger partial charge in [0.2, 0.25) is 10.0 Å². The van der Waals surface area contributed by atoms with Gasteiger partial charge in [-0.3, -0.25) is 4.99 Å². The SMILES string of the molecule is CN=C(NCC(C)Oc1cccc(C)c1)NCC(C)(C)NS(C)(=O)=O. The summed E-state index contributed by atoms with van der Waals surface area (Å²) in [5.74, 6) is 1.42. The second-order valence-electron chi connectivity index (χ2n) is 6.81. The van der Waals surface area contributed by atoms with E-state index in [1.807, 2.05) is 38.1 Å². The summed E-state index contributed by atoms with van der Waals surface area (Å²) in [4.78, 5) is 4.14. The lowest BCUT2D eigenvalue weighted by molar-refractivity contribution is 0.223. The molecule has 0 aliphatic heterocycles. The van der Waals surface area contributed by atoms with E-state index in [0.29, 0.717) is 19.0 Å². The van der Waals surface area contributed by atoms with Gasteiger partial charge in [0.05, 0.1) is 12.8 Å². The molecule has 25 heavy (non-hydrogen) atoms. The fourth-order valence-corrected chi connectivity index (χ4v) is 3.34. The van der Waals surface area contributed by atoms with Crippen molar-refractivity contribution < 1.29 is 13.2 Å². The molecule has 0 radical (unpaired) electrons. The number of ether oxygens (including phenoxy) is 1. The van der Waals surface area contributed by atoms with Crippen molar-refractivity contribution in [1.29, 1.82) is 0 Å². The Labute approximate surface area is 151 Å². The van der Waals surface area contributed by atoms with Crippen LogP contribution in [-0.2, 0) is 10.0 Å². The largest absolute Gasteiger partial charge is 0.489 e. The van der Waals surface area contributed by atoms with Gasteiger partial charge in [-0.05, 0) is 45.4 Å². The summed E-state index contributed by atoms with van der Waals surface area (Å²) < 4.78 is 31.2. The fourth-order valence-electron chi connectivity index (χ4n) is 2.27. The summed E-state index contributed by atoms with van der Waals surface area (Å²) >= 11 is 0. The summed E-state index contributed by atoms with van der Waals surface area (Å²) in [5.41, 5.74) is 0.519. The van der Waals surface area contributed by atoms with E-state index in [1.165, 1.54) is 0 Å². The van der Waals surface area contributed by atoms with Crippen molar-refractivity contribution in [2.45, 2.75) is 39.3 Å². The molecule has 1 aromatic rings. The maximum atomic E-state index is 11.4. The van der Waals surface area contributed by atoms with Crippen LogP contribution >= 0.6 is 0 Å². The Morgan fingerprint density at radius 3 is 2.56 bits per heavy atom. The Morgan fingerprint density at radius 2 is 2.00 bits per heavy atom. The van der Waals surface area contributed by atoms with Crippen LogP contribution in [0.3, 0.4) is 0 Å². The molecule has 7 nitrogen and oxygen atoms in total. The van der Waals surface area contributed by atoms with Gasteiger partial charge in [-0.15, -0.1) is 0 Å². The van der Waals surface area contributed by atoms with E-state index >= 15 is 0 Å². The highest BCUT2D eigenvalue weighted by molar-refractivity contribution is 7.88. The minimum Gasteiger partial charge on any atom is -0.489 e. The van der Waals surface area contributed by atoms with Gasteiger partial charge in [0, 0.05) is 19.1 Å². The van der Waals surface area contributed by atoms with E-state index in [-0.39, 0.29) is 6.10 Å². The number of benzene rings is 1. The Balaban J connectivity index is 2.46. The summed E-state index contributed by atoms with van der Waals surface area (Å²) in [5, 5.41) is 6.29. The van der Waals surface area contributed by atoms with Gasteiger partial charge >= 0.3 is 0 Å². The summed E-state index contributed by atoms with van der Waals surface area (Å²) in [7, 11) is -1.61. The molecule has 0 aliphatic carbocycles. The number of aliphatic imine (C=N–C) groups is 1. The molecule has 0 bridgehead atoms. The van der Waals surface area contributed by atoms with Crippen molar-refractivity contribution in [2.24, 2.45) is 4.99 Å². The smallest absolute Gasteiger partial charge is 0.209 e. The number of rotatable bonds is 8. The van der Waals surface area contributed by atoms with Crippen molar-refractivity contribution in [3.8, 4) is 5.75 Å². The lowest BCUT2D eigenvalue weighted by Gasteiger charge is -2.26. The number of guanidine groups is 1. The van der Waals surface area contributed by atoms with Crippen LogP contribution in [0.2, 0.25) is 0 Å². The van der Waals surface area contributed by atoms with Gasteiger partial charge in [-0.2, -0.15) is 0 Å². The lowest BCUT2D eigenvalue weighted by Crippen LogP contribution is -2.53. The molecule has 1 aromatic carbocycles. The first kappa shape index (κ1) is 21.2. The average molecular weight is 371 g/mol. The normalized spacial score (nSPS) is 14.1. The summed E-state index contributed by atoms with van der Waals surface area (Å²) in [6, 6.07) is 7.90. The Kier molecular flexibility index (Phi) is 7.69. The Hall–Kier alpha value is -1.80. The van der Waals surface area contributed by atoms with Crippen LogP contribution in [0, 0.1) is 6.92 Å². The van der Waals surface area contributed by atoms with Crippen molar-refractivity contribution in [2.75, 3.05) is 26.4 Å². The van der Waals surface area contributed by atoms with Crippen molar-refractivity contribution in [3.63, 3.8) is 0 Å². The van der Waals surface area contributed by atoms with Gasteiger partial charge in [0.25, 0.3) is 0 Å². The molecule has 0 aliphatic rings. The molecule has 142 valence electrons. The van der Waals surface area contributed by atoms with Crippen molar-refractivity contribution in [1.82, 2.24) is 15.4 Å². The third kappa shape index (κ3) is 9.31. The minimum absolute atomic E-state index is 0.0532. The van der Waals surface area contributed by atoms with Gasteiger partial charge in [0.15, 0.2) is 5.96 Å². The van der Waals surface area contributed by atoms with Crippen LogP contribution < -0.4 is 20.1 Å². The highest BCUT2D eigenvalue weighted by atomic mass is 32.2. The quantitative estimate of drug-likeness (QED) is 0.473. The molecular formula is C17H30N4O3S. The highest BCUT2D eigenvalue weighted by Gasteiger charge is 2.22. The van der Waals surface area contributed by atoms with E-state index in [9.17, 15) is 8.42 Å². The van der Waals surface area contributed by atoms with Crippen molar-refractivity contribution >= 4 is 16.0 Å². The molecule has 8 heteroatoms. The third-order valence-corrected chi connectivity index (χ3v) is 4.19. The molecule has 0 heterocycles. The number of sulfonamides is 1. The van der Waals surface area contributed by atoms with E-state index in [4.69, 9.17) is 4.74 Å². The molecule has 3 N–H and O–H groups in total. The molecule has 1 atom stereocenters. The molecule has 0 amide bonds. The van der Waals surface area contributed by atoms with Gasteiger partial charge in [0.1, 0.15) is 11.9 Å². The maximum absolute atomic E-state index is 11.4. The van der Waals surface area contributed by atoms with Gasteiger partial charge < -0.3 is 15.4 Å². The maximum Gasteiger partial charge on any atom is 0.209 e. The summed E-state index contributed by atoms with van der Waals surface area (Å²) in [6.45, 7) is 8.56. The zero-order valence-electron chi connectivity index (χ0n) is 15.9. The second kappa shape index (κ2) is 9.05. The first-order valence-electron chi connectivity index (χ1n) is 8.17. The van der Waals surface area contributed by atoms with Crippen LogP contribution in [0.5, 0.6) is 5.75 Å². The number of hydrogen-bond acceptors (Lipinski definition) is 4. The number of nitrogens with one attached hydrogen (secondary N) is 3. The molecule has 0 spiro atoms. The standard InChI is InChI=1S/C17H30N4O3S/c1-13-8-7-9-15(10-13)24-14(2)11-19-16(18-5)20-12-17(3,4)21-25(6,22)23/h7-10,14,21H,11-12H2,1-6H3,(H2,18,19,20). The highest BCUT2D eigenvalue weighted by Crippen LogP contribution is 2.13. The lowest BCUT2D eigenvalue weighted by atomic mass is 10.1. The van der Waals surface area contributed by atoms with E-state index in [0.717, 1.165) is 17.6 Å². The minimum atomic E-state index is -3.27. The predicted octanol–water partition coefficient (Wildman–Crippen LogP) is 1.26. The van der Waals surface area contributed by atoms with E-state index in [1.54, 1.807) is 20.9 Å². The van der Waals surface area contributed by atoms with Crippen LogP contribution in [-0.4, -0.2) is 52.4 Å². The third-order valence-electron chi connectivity index (χ3n) is 3.27. The van der Waals surface area contributed by atoms with Gasteiger partial charge in [-0.25, -0.2) is 13.1 Å². The second-order valence-corrected chi connectivity index (χ2v) is 8.56. The molecule has 0 aromatic heterocycles. The first-order chi connectivity index (χ1) is 11.5. The van der Waals surface area contributed by atoms with Crippen LogP contribution in [0.15, 0.2) is 29.3 Å². The molecule has 1 unspecified atom stereocenters. The zero-order chi connectivity index (χ0) is 19.1. The molecule has 0 saturated carbocycles. The van der Waals surface area contributed by atoms with E-state index in [2.05, 4.69) is 20.3 Å². The zero-order valence-corrected chi connectivity index (χ0v) is 16.7. The average Bonchev–Trinajstić information content (AvgIpc) is 2.44. The predicted molar refractivity (Wildman–Crippen MR) is 103 cm³/mol. The van der Waals surface area contributed by atoms with Crippen molar-refractivity contribution in [3.05, 3.63) is 29.8 Å². The molecular weight excluding hydrogens is 340 g/mol. The fraction of sp³-hybridized carbons (Fsp3) is 0.588. The number of nitrogens with zero attached hydrogens (tertiary/aromatic N) is 1. The molecule has 1 rings (SSSR count). The molecule has 0 saturated heterocycles. The van der Waals surface area contributed by atoms with E-state index < -0.39 is 15.6 Å². The topological polar surface area (TPSA) is 91.8 Å². The van der Waals surface area contributed by atoms with Crippen LogP contribution in [0.4, 0.5) is 0 Å². The van der Waals surface area contributed by atoms with Gasteiger partial charge in [-0.1, -0.05) is 12.1 Å². The Bertz CT molecular complexity index is 687. The first-order valence-corrected chi connectivity index (χ1v) is 10.1. The van der Waals surface area contributed by atoms with Crippen LogP contribution in [0.1, 0.15) is 26.3 Å². The Morgan fingerprint density at radius 1 is 1.32 bits per heavy atom. The monoisotopic (exact) mass is 370 g/mol. The number of aryl methyl sites for hydroxylation is 1. The summed E-state index contributed by atoms with van der Waals surface area (Å²) in [6.07, 6.45) is 1.09. The van der Waals surface area contributed by atoms with Crippen LogP contribution in [0.25, 0.3) is 0 Å². The molecule has 0 fully saturated rings. The number of hydrogen-bond donors (Lipinski definition) is 3.